The van der Waals surface area contributed by atoms with E-state index >= 15 is 0 Å². The molecular weight excluding hydrogens is 287 g/mol. The molecule has 0 saturated heterocycles. The fraction of sp³-hybridized carbons (Fsp3) is 0.500. The van der Waals surface area contributed by atoms with Crippen molar-refractivity contribution in [3.63, 3.8) is 0 Å². The summed E-state index contributed by atoms with van der Waals surface area (Å²) in [7, 11) is -3.99. The third kappa shape index (κ3) is 3.31. The van der Waals surface area contributed by atoms with E-state index in [4.69, 9.17) is 5.11 Å². The third-order valence-corrected chi connectivity index (χ3v) is 4.94. The van der Waals surface area contributed by atoms with Gasteiger partial charge in [0.15, 0.2) is 0 Å². The minimum absolute atomic E-state index is 0.283. The molecule has 0 spiro atoms. The van der Waals surface area contributed by atoms with E-state index in [2.05, 4.69) is 9.71 Å². The van der Waals surface area contributed by atoms with Gasteiger partial charge in [0, 0.05) is 11.7 Å². The first-order chi connectivity index (χ1) is 9.33. The van der Waals surface area contributed by atoms with Crippen LogP contribution in [-0.2, 0) is 14.8 Å². The number of hydrogen-bond donors (Lipinski definition) is 2. The Morgan fingerprint density at radius 3 is 2.60 bits per heavy atom. The lowest BCUT2D eigenvalue weighted by molar-refractivity contribution is -0.138. The minimum Gasteiger partial charge on any atom is -0.481 e. The van der Waals surface area contributed by atoms with E-state index in [0.717, 1.165) is 31.3 Å². The normalized spacial score (nSPS) is 18.1. The van der Waals surface area contributed by atoms with Gasteiger partial charge in [0.25, 0.3) is 0 Å². The van der Waals surface area contributed by atoms with Crippen LogP contribution in [0.5, 0.6) is 0 Å². The maximum Gasteiger partial charge on any atom is 0.305 e. The largest absolute Gasteiger partial charge is 0.481 e. The van der Waals surface area contributed by atoms with Crippen LogP contribution in [0.3, 0.4) is 0 Å². The summed E-state index contributed by atoms with van der Waals surface area (Å²) in [6.45, 7) is 0. The van der Waals surface area contributed by atoms with Crippen molar-refractivity contribution >= 4 is 16.0 Å². The van der Waals surface area contributed by atoms with Gasteiger partial charge in [-0.1, -0.05) is 12.8 Å². The number of carboxylic acids is 1. The van der Waals surface area contributed by atoms with Crippen LogP contribution in [-0.4, -0.2) is 30.0 Å². The van der Waals surface area contributed by atoms with Crippen LogP contribution in [0.15, 0.2) is 23.4 Å². The molecule has 0 atom stereocenters. The van der Waals surface area contributed by atoms with Crippen LogP contribution in [0, 0.1) is 5.82 Å². The molecule has 0 aliphatic heterocycles. The number of halogens is 1. The average molecular weight is 302 g/mol. The van der Waals surface area contributed by atoms with Crippen LogP contribution < -0.4 is 4.72 Å². The Bertz CT molecular complexity index is 612. The van der Waals surface area contributed by atoms with Crippen molar-refractivity contribution in [1.29, 1.82) is 0 Å². The van der Waals surface area contributed by atoms with Crippen molar-refractivity contribution in [2.45, 2.75) is 42.5 Å². The average Bonchev–Trinajstić information content (AvgIpc) is 2.75. The number of nitrogens with one attached hydrogen (secondary N) is 1. The van der Waals surface area contributed by atoms with Crippen LogP contribution in [0.25, 0.3) is 0 Å². The van der Waals surface area contributed by atoms with Gasteiger partial charge in [-0.05, 0) is 18.9 Å². The summed E-state index contributed by atoms with van der Waals surface area (Å²) < 4.78 is 39.9. The molecule has 1 aliphatic carbocycles. The molecule has 0 amide bonds. The Labute approximate surface area is 116 Å². The standard InChI is InChI=1S/C12H15FN2O4S/c13-9-5-10(8-14-7-9)20(18,19)15-12(6-11(16)17)3-1-2-4-12/h5,7-8,15H,1-4,6H2,(H,16,17). The van der Waals surface area contributed by atoms with Crippen molar-refractivity contribution in [2.24, 2.45) is 0 Å². The topological polar surface area (TPSA) is 96.4 Å². The predicted molar refractivity (Wildman–Crippen MR) is 68.0 cm³/mol. The molecule has 2 rings (SSSR count). The van der Waals surface area contributed by atoms with Gasteiger partial charge in [0.2, 0.25) is 10.0 Å². The van der Waals surface area contributed by atoms with Gasteiger partial charge in [0.1, 0.15) is 10.7 Å². The minimum atomic E-state index is -3.99. The number of aliphatic carboxylic acids is 1. The molecule has 6 nitrogen and oxygen atoms in total. The number of hydrogen-bond acceptors (Lipinski definition) is 4. The summed E-state index contributed by atoms with van der Waals surface area (Å²) in [5.41, 5.74) is -0.989. The maximum atomic E-state index is 13.1. The van der Waals surface area contributed by atoms with Crippen molar-refractivity contribution in [3.05, 3.63) is 24.3 Å². The number of pyridine rings is 1. The summed E-state index contributed by atoms with van der Waals surface area (Å²) in [6.07, 6.45) is 4.10. The number of aromatic nitrogens is 1. The Hall–Kier alpha value is -1.54. The lowest BCUT2D eigenvalue weighted by Gasteiger charge is -2.28. The first kappa shape index (κ1) is 14.9. The monoisotopic (exact) mass is 302 g/mol. The zero-order chi connectivity index (χ0) is 14.8. The van der Waals surface area contributed by atoms with Gasteiger partial charge in [-0.3, -0.25) is 9.78 Å². The first-order valence-corrected chi connectivity index (χ1v) is 7.68. The number of carboxylic acid groups (broad SMARTS) is 1. The van der Waals surface area contributed by atoms with E-state index in [1.54, 1.807) is 0 Å². The molecule has 8 heteroatoms. The Kier molecular flexibility index (Phi) is 4.05. The van der Waals surface area contributed by atoms with Gasteiger partial charge < -0.3 is 5.11 Å². The molecule has 1 saturated carbocycles. The van der Waals surface area contributed by atoms with Gasteiger partial charge in [-0.25, -0.2) is 17.5 Å². The van der Waals surface area contributed by atoms with E-state index in [-0.39, 0.29) is 11.3 Å². The van der Waals surface area contributed by atoms with Crippen molar-refractivity contribution in [2.75, 3.05) is 0 Å². The van der Waals surface area contributed by atoms with Gasteiger partial charge in [-0.15, -0.1) is 0 Å². The van der Waals surface area contributed by atoms with E-state index < -0.39 is 27.3 Å². The quantitative estimate of drug-likeness (QED) is 0.854. The molecule has 1 aromatic rings. The summed E-state index contributed by atoms with van der Waals surface area (Å²) in [5, 5.41) is 8.94. The van der Waals surface area contributed by atoms with Crippen molar-refractivity contribution in [3.8, 4) is 0 Å². The molecule has 1 aliphatic rings. The van der Waals surface area contributed by atoms with Crippen LogP contribution in [0.2, 0.25) is 0 Å². The number of nitrogens with zero attached hydrogens (tertiary/aromatic N) is 1. The second-order valence-corrected chi connectivity index (χ2v) is 6.68. The van der Waals surface area contributed by atoms with E-state index in [1.807, 2.05) is 0 Å². The smallest absolute Gasteiger partial charge is 0.305 e. The van der Waals surface area contributed by atoms with Crippen LogP contribution in [0.4, 0.5) is 4.39 Å². The summed E-state index contributed by atoms with van der Waals surface area (Å²) >= 11 is 0. The molecule has 110 valence electrons. The van der Waals surface area contributed by atoms with Crippen molar-refractivity contribution < 1.29 is 22.7 Å². The third-order valence-electron chi connectivity index (χ3n) is 3.39. The molecule has 0 radical (unpaired) electrons. The Morgan fingerprint density at radius 2 is 2.05 bits per heavy atom. The second-order valence-electron chi connectivity index (χ2n) is 5.00. The zero-order valence-electron chi connectivity index (χ0n) is 10.7. The van der Waals surface area contributed by atoms with Crippen LogP contribution >= 0.6 is 0 Å². The van der Waals surface area contributed by atoms with Crippen LogP contribution in [0.1, 0.15) is 32.1 Å². The zero-order valence-corrected chi connectivity index (χ0v) is 11.5. The predicted octanol–water partition coefficient (Wildman–Crippen LogP) is 1.29. The Balaban J connectivity index is 2.28. The summed E-state index contributed by atoms with van der Waals surface area (Å²) in [5.74, 6) is -1.82. The highest BCUT2D eigenvalue weighted by Crippen LogP contribution is 2.34. The molecule has 0 bridgehead atoms. The second kappa shape index (κ2) is 5.45. The molecule has 0 unspecified atom stereocenters. The molecule has 1 fully saturated rings. The molecule has 1 heterocycles. The molecule has 20 heavy (non-hydrogen) atoms. The van der Waals surface area contributed by atoms with Gasteiger partial charge >= 0.3 is 5.97 Å². The number of carbonyl (C=O) groups is 1. The fourth-order valence-corrected chi connectivity index (χ4v) is 3.97. The van der Waals surface area contributed by atoms with Crippen molar-refractivity contribution in [1.82, 2.24) is 9.71 Å². The van der Waals surface area contributed by atoms with E-state index in [9.17, 15) is 17.6 Å². The fourth-order valence-electron chi connectivity index (χ4n) is 2.54. The molecule has 0 aromatic carbocycles. The maximum absolute atomic E-state index is 13.1. The van der Waals surface area contributed by atoms with E-state index in [1.165, 1.54) is 0 Å². The lowest BCUT2D eigenvalue weighted by atomic mass is 9.95. The SMILES string of the molecule is O=C(O)CC1(NS(=O)(=O)c2cncc(F)c2)CCCC1. The molecular formula is C12H15FN2O4S. The first-order valence-electron chi connectivity index (χ1n) is 6.19. The van der Waals surface area contributed by atoms with Gasteiger partial charge in [-0.2, -0.15) is 0 Å². The summed E-state index contributed by atoms with van der Waals surface area (Å²) in [6, 6.07) is 0.860. The highest BCUT2D eigenvalue weighted by atomic mass is 32.2. The van der Waals surface area contributed by atoms with Gasteiger partial charge in [0.05, 0.1) is 12.6 Å². The number of sulfonamides is 1. The highest BCUT2D eigenvalue weighted by Gasteiger charge is 2.40. The molecule has 1 aromatic heterocycles. The van der Waals surface area contributed by atoms with E-state index in [0.29, 0.717) is 12.8 Å². The number of rotatable bonds is 5. The highest BCUT2D eigenvalue weighted by molar-refractivity contribution is 7.89. The molecule has 2 N–H and O–H groups in total. The summed E-state index contributed by atoms with van der Waals surface area (Å²) in [4.78, 5) is 14.1. The lowest BCUT2D eigenvalue weighted by Crippen LogP contribution is -2.47. The Morgan fingerprint density at radius 1 is 1.40 bits per heavy atom.